The van der Waals surface area contributed by atoms with Crippen LogP contribution in [0.2, 0.25) is 0 Å². The minimum Gasteiger partial charge on any atom is -0.462 e. The molecule has 0 heterocycles. The highest BCUT2D eigenvalue weighted by Crippen LogP contribution is 2.44. The van der Waals surface area contributed by atoms with Crippen LogP contribution in [0.15, 0.2) is 42.2 Å². The second-order valence-electron chi connectivity index (χ2n) is 7.27. The van der Waals surface area contributed by atoms with Crippen LogP contribution < -0.4 is 4.74 Å². The third kappa shape index (κ3) is 4.41. The number of hydrogen-bond donors (Lipinski definition) is 0. The monoisotopic (exact) mass is 260 g/mol. The van der Waals surface area contributed by atoms with Gasteiger partial charge in [0.1, 0.15) is 11.5 Å². The minimum absolute atomic E-state index is 0.162. The third-order valence-electron chi connectivity index (χ3n) is 3.28. The number of ether oxygens (including phenoxy) is 1. The van der Waals surface area contributed by atoms with Gasteiger partial charge in [0.15, 0.2) is 0 Å². The van der Waals surface area contributed by atoms with Crippen molar-refractivity contribution in [3.05, 3.63) is 42.2 Å². The van der Waals surface area contributed by atoms with Gasteiger partial charge in [-0.25, -0.2) is 0 Å². The maximum absolute atomic E-state index is 6.14. The number of allylic oxidation sites excluding steroid dienone is 2. The number of hydrogen-bond acceptors (Lipinski definition) is 1. The van der Waals surface area contributed by atoms with Gasteiger partial charge in [-0.3, -0.25) is 0 Å². The van der Waals surface area contributed by atoms with Crippen LogP contribution in [-0.2, 0) is 0 Å². The molecule has 0 saturated carbocycles. The van der Waals surface area contributed by atoms with Gasteiger partial charge in [0, 0.05) is 5.92 Å². The van der Waals surface area contributed by atoms with E-state index in [0.717, 1.165) is 11.5 Å². The maximum atomic E-state index is 6.14. The van der Waals surface area contributed by atoms with E-state index in [2.05, 4.69) is 54.5 Å². The van der Waals surface area contributed by atoms with Crippen molar-refractivity contribution < 1.29 is 4.74 Å². The first-order chi connectivity index (χ1) is 8.66. The SMILES string of the molecule is C/C=C(\Oc1ccccc1)C(C(C)(C)C)C(C)(C)C. The Kier molecular flexibility index (Phi) is 4.84. The fourth-order valence-electron chi connectivity index (χ4n) is 3.06. The van der Waals surface area contributed by atoms with E-state index in [1.807, 2.05) is 30.3 Å². The molecular weight excluding hydrogens is 232 g/mol. The highest BCUT2D eigenvalue weighted by molar-refractivity contribution is 5.24. The smallest absolute Gasteiger partial charge is 0.126 e. The van der Waals surface area contributed by atoms with Gasteiger partial charge in [-0.1, -0.05) is 59.7 Å². The molecule has 0 aliphatic carbocycles. The average Bonchev–Trinajstić information content (AvgIpc) is 2.25. The number of para-hydroxylation sites is 1. The van der Waals surface area contributed by atoms with Gasteiger partial charge < -0.3 is 4.74 Å². The summed E-state index contributed by atoms with van der Waals surface area (Å²) in [7, 11) is 0. The molecule has 1 aromatic rings. The van der Waals surface area contributed by atoms with Crippen LogP contribution in [0, 0.1) is 16.7 Å². The van der Waals surface area contributed by atoms with Gasteiger partial charge in [-0.2, -0.15) is 0 Å². The summed E-state index contributed by atoms with van der Waals surface area (Å²) >= 11 is 0. The third-order valence-corrected chi connectivity index (χ3v) is 3.28. The van der Waals surface area contributed by atoms with E-state index in [1.165, 1.54) is 0 Å². The largest absolute Gasteiger partial charge is 0.462 e. The lowest BCUT2D eigenvalue weighted by Crippen LogP contribution is -2.35. The summed E-state index contributed by atoms with van der Waals surface area (Å²) in [4.78, 5) is 0. The summed E-state index contributed by atoms with van der Waals surface area (Å²) in [5.74, 6) is 2.34. The van der Waals surface area contributed by atoms with Crippen LogP contribution in [0.3, 0.4) is 0 Å². The Hall–Kier alpha value is -1.24. The first-order valence-corrected chi connectivity index (χ1v) is 7.05. The lowest BCUT2D eigenvalue weighted by Gasteiger charge is -2.41. The molecule has 1 nitrogen and oxygen atoms in total. The van der Waals surface area contributed by atoms with E-state index in [1.54, 1.807) is 0 Å². The molecule has 1 heteroatoms. The Morgan fingerprint density at radius 3 is 1.79 bits per heavy atom. The molecule has 1 rings (SSSR count). The van der Waals surface area contributed by atoms with Gasteiger partial charge in [0.05, 0.1) is 0 Å². The summed E-state index contributed by atoms with van der Waals surface area (Å²) in [6.07, 6.45) is 2.11. The Morgan fingerprint density at radius 2 is 1.42 bits per heavy atom. The fraction of sp³-hybridized carbons (Fsp3) is 0.556. The molecule has 0 radical (unpaired) electrons. The fourth-order valence-corrected chi connectivity index (χ4v) is 3.06. The molecular formula is C18H28O. The molecule has 0 saturated heterocycles. The van der Waals surface area contributed by atoms with Gasteiger partial charge in [0.2, 0.25) is 0 Å². The summed E-state index contributed by atoms with van der Waals surface area (Å²) in [6, 6.07) is 10.0. The minimum atomic E-state index is 0.162. The van der Waals surface area contributed by atoms with Crippen molar-refractivity contribution in [1.29, 1.82) is 0 Å². The number of rotatable bonds is 3. The molecule has 0 aliphatic rings. The van der Waals surface area contributed by atoms with Crippen molar-refractivity contribution in [1.82, 2.24) is 0 Å². The molecule has 0 unspecified atom stereocenters. The Bertz CT molecular complexity index is 401. The topological polar surface area (TPSA) is 9.23 Å². The van der Waals surface area contributed by atoms with Crippen molar-refractivity contribution in [2.45, 2.75) is 48.5 Å². The van der Waals surface area contributed by atoms with Gasteiger partial charge >= 0.3 is 0 Å². The van der Waals surface area contributed by atoms with Crippen LogP contribution in [0.1, 0.15) is 48.5 Å². The average molecular weight is 260 g/mol. The summed E-state index contributed by atoms with van der Waals surface area (Å²) < 4.78 is 6.14. The standard InChI is InChI=1S/C18H28O/c1-8-15(19-14-12-10-9-11-13-14)16(17(2,3)4)18(5,6)7/h8-13,16H,1-7H3/b15-8-. The quantitative estimate of drug-likeness (QED) is 0.635. The molecule has 0 aliphatic heterocycles. The molecule has 0 spiro atoms. The molecule has 0 N–H and O–H groups in total. The van der Waals surface area contributed by atoms with Gasteiger partial charge in [-0.05, 0) is 36.0 Å². The number of benzene rings is 1. The molecule has 0 amide bonds. The van der Waals surface area contributed by atoms with E-state index in [4.69, 9.17) is 4.74 Å². The zero-order chi connectivity index (χ0) is 14.7. The molecule has 0 fully saturated rings. The highest BCUT2D eigenvalue weighted by atomic mass is 16.5. The lowest BCUT2D eigenvalue weighted by molar-refractivity contribution is 0.0972. The predicted octanol–water partition coefficient (Wildman–Crippen LogP) is 5.68. The highest BCUT2D eigenvalue weighted by Gasteiger charge is 2.38. The molecule has 0 atom stereocenters. The molecule has 106 valence electrons. The Balaban J connectivity index is 3.07. The molecule has 0 aromatic heterocycles. The zero-order valence-electron chi connectivity index (χ0n) is 13.4. The van der Waals surface area contributed by atoms with Crippen molar-refractivity contribution in [3.63, 3.8) is 0 Å². The van der Waals surface area contributed by atoms with Crippen LogP contribution in [0.4, 0.5) is 0 Å². The molecule has 0 bridgehead atoms. The second-order valence-corrected chi connectivity index (χ2v) is 7.27. The van der Waals surface area contributed by atoms with Gasteiger partial charge in [0.25, 0.3) is 0 Å². The Labute approximate surface area is 118 Å². The summed E-state index contributed by atoms with van der Waals surface area (Å²) in [5, 5.41) is 0. The zero-order valence-corrected chi connectivity index (χ0v) is 13.4. The van der Waals surface area contributed by atoms with Crippen LogP contribution in [-0.4, -0.2) is 0 Å². The van der Waals surface area contributed by atoms with Crippen molar-refractivity contribution in [2.24, 2.45) is 16.7 Å². The molecule has 19 heavy (non-hydrogen) atoms. The van der Waals surface area contributed by atoms with E-state index >= 15 is 0 Å². The van der Waals surface area contributed by atoms with Gasteiger partial charge in [-0.15, -0.1) is 0 Å². The van der Waals surface area contributed by atoms with E-state index < -0.39 is 0 Å². The first kappa shape index (κ1) is 15.8. The van der Waals surface area contributed by atoms with Crippen molar-refractivity contribution in [3.8, 4) is 5.75 Å². The summed E-state index contributed by atoms with van der Waals surface area (Å²) in [5.41, 5.74) is 0.323. The van der Waals surface area contributed by atoms with E-state index in [9.17, 15) is 0 Å². The van der Waals surface area contributed by atoms with Crippen LogP contribution in [0.25, 0.3) is 0 Å². The lowest BCUT2D eigenvalue weighted by atomic mass is 9.65. The van der Waals surface area contributed by atoms with Crippen molar-refractivity contribution in [2.75, 3.05) is 0 Å². The van der Waals surface area contributed by atoms with Crippen LogP contribution in [0.5, 0.6) is 5.75 Å². The van der Waals surface area contributed by atoms with E-state index in [-0.39, 0.29) is 10.8 Å². The second kappa shape index (κ2) is 5.81. The molecule has 1 aromatic carbocycles. The first-order valence-electron chi connectivity index (χ1n) is 7.05. The van der Waals surface area contributed by atoms with Crippen LogP contribution >= 0.6 is 0 Å². The van der Waals surface area contributed by atoms with Crippen molar-refractivity contribution >= 4 is 0 Å². The summed E-state index contributed by atoms with van der Waals surface area (Å²) in [6.45, 7) is 15.7. The normalized spacial score (nSPS) is 13.8. The van der Waals surface area contributed by atoms with E-state index in [0.29, 0.717) is 5.92 Å². The Morgan fingerprint density at radius 1 is 0.947 bits per heavy atom. The predicted molar refractivity (Wildman–Crippen MR) is 83.2 cm³/mol. The maximum Gasteiger partial charge on any atom is 0.126 e.